The number of aromatic nitrogens is 1. The number of rotatable bonds is 3. The minimum Gasteiger partial charge on any atom is -0.352 e. The first-order chi connectivity index (χ1) is 10.2. The molecule has 0 spiro atoms. The standard InChI is InChI=1S/C17H25N3OS/c1-10(2)18-17-20(11(3)4)16(21)15(22-17)9-14-8-12(5)19(7)13(14)6/h8-11H,1-7H3/b15-9+,18-17?. The summed E-state index contributed by atoms with van der Waals surface area (Å²) < 4.78 is 2.14. The summed E-state index contributed by atoms with van der Waals surface area (Å²) in [5.41, 5.74) is 3.46. The van der Waals surface area contributed by atoms with Crippen LogP contribution in [0.15, 0.2) is 16.0 Å². The zero-order chi connectivity index (χ0) is 16.6. The van der Waals surface area contributed by atoms with E-state index in [0.29, 0.717) is 0 Å². The van der Waals surface area contributed by atoms with Crippen LogP contribution in [0.25, 0.3) is 6.08 Å². The Balaban J connectivity index is 2.42. The first-order valence-corrected chi connectivity index (χ1v) is 8.47. The van der Waals surface area contributed by atoms with Crippen LogP contribution in [0.1, 0.15) is 44.6 Å². The van der Waals surface area contributed by atoms with E-state index in [1.54, 1.807) is 4.90 Å². The fourth-order valence-electron chi connectivity index (χ4n) is 2.42. The Hall–Kier alpha value is -1.49. The molecule has 4 nitrogen and oxygen atoms in total. The van der Waals surface area contributed by atoms with Crippen LogP contribution >= 0.6 is 11.8 Å². The summed E-state index contributed by atoms with van der Waals surface area (Å²) in [5, 5.41) is 0.812. The molecular weight excluding hydrogens is 294 g/mol. The molecule has 1 amide bonds. The second-order valence-corrected chi connectivity index (χ2v) is 7.28. The highest BCUT2D eigenvalue weighted by atomic mass is 32.2. The van der Waals surface area contributed by atoms with Crippen molar-refractivity contribution >= 4 is 28.9 Å². The van der Waals surface area contributed by atoms with E-state index < -0.39 is 0 Å². The number of thioether (sulfide) groups is 1. The Kier molecular flexibility index (Phi) is 4.85. The molecule has 0 N–H and O–H groups in total. The number of nitrogens with zero attached hydrogens (tertiary/aromatic N) is 3. The van der Waals surface area contributed by atoms with Gasteiger partial charge in [-0.25, -0.2) is 0 Å². The molecule has 1 fully saturated rings. The Labute approximate surface area is 137 Å². The second kappa shape index (κ2) is 6.32. The Morgan fingerprint density at radius 1 is 1.23 bits per heavy atom. The second-order valence-electron chi connectivity index (χ2n) is 6.27. The molecule has 2 heterocycles. The van der Waals surface area contributed by atoms with Crippen molar-refractivity contribution in [1.82, 2.24) is 9.47 Å². The maximum Gasteiger partial charge on any atom is 0.266 e. The van der Waals surface area contributed by atoms with Crippen LogP contribution in [0.3, 0.4) is 0 Å². The molecule has 0 aromatic carbocycles. The first-order valence-electron chi connectivity index (χ1n) is 7.66. The summed E-state index contributed by atoms with van der Waals surface area (Å²) in [6.07, 6.45) is 1.99. The van der Waals surface area contributed by atoms with E-state index in [4.69, 9.17) is 0 Å². The lowest BCUT2D eigenvalue weighted by atomic mass is 10.2. The van der Waals surface area contributed by atoms with E-state index in [-0.39, 0.29) is 18.0 Å². The van der Waals surface area contributed by atoms with Gasteiger partial charge in [0.2, 0.25) is 0 Å². The molecule has 1 aromatic heterocycles. The molecule has 22 heavy (non-hydrogen) atoms. The Morgan fingerprint density at radius 3 is 2.32 bits per heavy atom. The number of hydrogen-bond acceptors (Lipinski definition) is 3. The number of carbonyl (C=O) groups is 1. The third-order valence-corrected chi connectivity index (χ3v) is 4.82. The van der Waals surface area contributed by atoms with Crippen LogP contribution in [0.4, 0.5) is 0 Å². The van der Waals surface area contributed by atoms with Crippen molar-refractivity contribution in [2.75, 3.05) is 0 Å². The van der Waals surface area contributed by atoms with Crippen molar-refractivity contribution in [3.63, 3.8) is 0 Å². The van der Waals surface area contributed by atoms with E-state index in [9.17, 15) is 4.79 Å². The molecule has 1 aliphatic heterocycles. The van der Waals surface area contributed by atoms with Crippen LogP contribution < -0.4 is 0 Å². The monoisotopic (exact) mass is 319 g/mol. The third kappa shape index (κ3) is 3.14. The van der Waals surface area contributed by atoms with Gasteiger partial charge in [0.05, 0.1) is 4.91 Å². The van der Waals surface area contributed by atoms with Gasteiger partial charge in [-0.1, -0.05) is 0 Å². The van der Waals surface area contributed by atoms with Gasteiger partial charge in [0, 0.05) is 30.5 Å². The van der Waals surface area contributed by atoms with Crippen LogP contribution in [-0.4, -0.2) is 32.6 Å². The number of amidine groups is 1. The van der Waals surface area contributed by atoms with Crippen molar-refractivity contribution in [2.24, 2.45) is 12.0 Å². The van der Waals surface area contributed by atoms with Gasteiger partial charge in [-0.15, -0.1) is 0 Å². The van der Waals surface area contributed by atoms with Gasteiger partial charge in [0.1, 0.15) is 0 Å². The van der Waals surface area contributed by atoms with Crippen molar-refractivity contribution in [2.45, 2.75) is 53.6 Å². The van der Waals surface area contributed by atoms with E-state index in [0.717, 1.165) is 15.6 Å². The van der Waals surface area contributed by atoms with Crippen LogP contribution in [0, 0.1) is 13.8 Å². The Morgan fingerprint density at radius 2 is 1.86 bits per heavy atom. The van der Waals surface area contributed by atoms with Gasteiger partial charge < -0.3 is 4.57 Å². The van der Waals surface area contributed by atoms with E-state index >= 15 is 0 Å². The molecule has 120 valence electrons. The van der Waals surface area contributed by atoms with Gasteiger partial charge in [-0.3, -0.25) is 14.7 Å². The minimum absolute atomic E-state index is 0.0558. The molecule has 1 saturated heterocycles. The van der Waals surface area contributed by atoms with Gasteiger partial charge in [-0.2, -0.15) is 0 Å². The van der Waals surface area contributed by atoms with Crippen molar-refractivity contribution in [3.8, 4) is 0 Å². The third-order valence-electron chi connectivity index (χ3n) is 3.82. The minimum atomic E-state index is 0.0558. The van der Waals surface area contributed by atoms with Crippen molar-refractivity contribution in [3.05, 3.63) is 27.9 Å². The SMILES string of the molecule is Cc1cc(/C=C2/SC(=NC(C)C)N(C(C)C)C2=O)c(C)n1C. The topological polar surface area (TPSA) is 37.6 Å². The smallest absolute Gasteiger partial charge is 0.266 e. The average Bonchev–Trinajstić information content (AvgIpc) is 2.82. The lowest BCUT2D eigenvalue weighted by Gasteiger charge is -2.20. The predicted octanol–water partition coefficient (Wildman–Crippen LogP) is 3.73. The highest BCUT2D eigenvalue weighted by molar-refractivity contribution is 8.18. The predicted molar refractivity (Wildman–Crippen MR) is 95.0 cm³/mol. The molecule has 0 unspecified atom stereocenters. The number of amides is 1. The fourth-order valence-corrected chi connectivity index (χ4v) is 3.65. The number of carbonyl (C=O) groups excluding carboxylic acids is 1. The zero-order valence-electron chi connectivity index (χ0n) is 14.5. The molecule has 2 rings (SSSR count). The summed E-state index contributed by atoms with van der Waals surface area (Å²) in [7, 11) is 2.04. The molecule has 0 radical (unpaired) electrons. The van der Waals surface area contributed by atoms with Gasteiger partial charge >= 0.3 is 0 Å². The van der Waals surface area contributed by atoms with Gasteiger partial charge in [0.25, 0.3) is 5.91 Å². The maximum atomic E-state index is 12.7. The lowest BCUT2D eigenvalue weighted by Crippen LogP contribution is -2.35. The largest absolute Gasteiger partial charge is 0.352 e. The maximum absolute atomic E-state index is 12.7. The highest BCUT2D eigenvalue weighted by Crippen LogP contribution is 2.34. The molecule has 0 aliphatic carbocycles. The van der Waals surface area contributed by atoms with Gasteiger partial charge in [-0.05, 0) is 71.0 Å². The quantitative estimate of drug-likeness (QED) is 0.796. The lowest BCUT2D eigenvalue weighted by molar-refractivity contribution is -0.123. The molecular formula is C17H25N3OS. The summed E-state index contributed by atoms with van der Waals surface area (Å²) >= 11 is 1.48. The summed E-state index contributed by atoms with van der Waals surface area (Å²) in [4.78, 5) is 19.8. The normalized spacial score (nSPS) is 19.5. The Bertz CT molecular complexity index is 653. The van der Waals surface area contributed by atoms with Crippen LogP contribution in [0.2, 0.25) is 0 Å². The van der Waals surface area contributed by atoms with E-state index in [1.807, 2.05) is 40.8 Å². The number of aliphatic imine (C=N–C) groups is 1. The van der Waals surface area contributed by atoms with E-state index in [1.165, 1.54) is 23.1 Å². The fraction of sp³-hybridized carbons (Fsp3) is 0.529. The van der Waals surface area contributed by atoms with Crippen molar-refractivity contribution in [1.29, 1.82) is 0 Å². The van der Waals surface area contributed by atoms with Crippen LogP contribution in [0.5, 0.6) is 0 Å². The summed E-state index contributed by atoms with van der Waals surface area (Å²) in [5.74, 6) is 0.0558. The first kappa shape index (κ1) is 16.9. The summed E-state index contributed by atoms with van der Waals surface area (Å²) in [6, 6.07) is 2.41. The molecule has 0 atom stereocenters. The molecule has 0 saturated carbocycles. The van der Waals surface area contributed by atoms with E-state index in [2.05, 4.69) is 29.5 Å². The average molecular weight is 319 g/mol. The highest BCUT2D eigenvalue weighted by Gasteiger charge is 2.35. The van der Waals surface area contributed by atoms with Crippen molar-refractivity contribution < 1.29 is 4.79 Å². The van der Waals surface area contributed by atoms with Crippen LogP contribution in [-0.2, 0) is 11.8 Å². The number of aryl methyl sites for hydroxylation is 1. The molecule has 5 heteroatoms. The molecule has 0 bridgehead atoms. The number of hydrogen-bond donors (Lipinski definition) is 0. The molecule has 1 aliphatic rings. The summed E-state index contributed by atoms with van der Waals surface area (Å²) in [6.45, 7) is 12.3. The molecule has 1 aromatic rings. The zero-order valence-corrected chi connectivity index (χ0v) is 15.3. The van der Waals surface area contributed by atoms with Gasteiger partial charge in [0.15, 0.2) is 5.17 Å².